The molecule has 1 aliphatic rings. The molecule has 0 saturated heterocycles. The fourth-order valence-electron chi connectivity index (χ4n) is 3.97. The summed E-state index contributed by atoms with van der Waals surface area (Å²) in [6.45, 7) is 0. The minimum Gasteiger partial charge on any atom is -0.481 e. The Morgan fingerprint density at radius 1 is 1.14 bits per heavy atom. The Hall–Kier alpha value is -3.38. The van der Waals surface area contributed by atoms with Crippen LogP contribution in [0.15, 0.2) is 52.7 Å². The van der Waals surface area contributed by atoms with Crippen LogP contribution in [-0.2, 0) is 25.8 Å². The predicted molar refractivity (Wildman–Crippen MR) is 128 cm³/mol. The zero-order valence-electron chi connectivity index (χ0n) is 18.8. The van der Waals surface area contributed by atoms with Crippen LogP contribution in [0.1, 0.15) is 43.0 Å². The highest BCUT2D eigenvalue weighted by molar-refractivity contribution is 7.92. The third-order valence-corrected chi connectivity index (χ3v) is 8.83. The zero-order chi connectivity index (χ0) is 25.9. The number of ether oxygens (including phenoxy) is 1. The Balaban J connectivity index is 1.61. The van der Waals surface area contributed by atoms with Gasteiger partial charge in [-0.15, -0.1) is 11.3 Å². The van der Waals surface area contributed by atoms with Gasteiger partial charge >= 0.3 is 5.97 Å². The van der Waals surface area contributed by atoms with Gasteiger partial charge in [0.25, 0.3) is 5.91 Å². The van der Waals surface area contributed by atoms with E-state index in [1.165, 1.54) is 29.6 Å². The molecule has 1 fully saturated rings. The van der Waals surface area contributed by atoms with Gasteiger partial charge in [-0.1, -0.05) is 25.0 Å². The molecule has 2 aromatic carbocycles. The van der Waals surface area contributed by atoms with Crippen LogP contribution in [0, 0.1) is 11.6 Å². The Bertz CT molecular complexity index is 1370. The van der Waals surface area contributed by atoms with E-state index >= 15 is 0 Å². The van der Waals surface area contributed by atoms with Crippen molar-refractivity contribution < 1.29 is 36.6 Å². The van der Waals surface area contributed by atoms with Crippen LogP contribution in [0.4, 0.5) is 13.9 Å². The highest BCUT2D eigenvalue weighted by Crippen LogP contribution is 2.32. The molecule has 12 heteroatoms. The number of aliphatic carboxylic acids is 1. The number of carbonyl (C=O) groups is 2. The molecule has 36 heavy (non-hydrogen) atoms. The van der Waals surface area contributed by atoms with Crippen LogP contribution < -0.4 is 10.1 Å². The molecular formula is C24H22F2N2O6S2. The van der Waals surface area contributed by atoms with Crippen LogP contribution in [0.3, 0.4) is 0 Å². The number of anilines is 1. The van der Waals surface area contributed by atoms with Crippen molar-refractivity contribution in [1.82, 2.24) is 4.98 Å². The number of thiazole rings is 1. The quantitative estimate of drug-likeness (QED) is 0.412. The number of carboxylic acid groups (broad SMARTS) is 1. The first-order chi connectivity index (χ1) is 17.1. The highest BCUT2D eigenvalue weighted by Gasteiger charge is 2.31. The van der Waals surface area contributed by atoms with Crippen molar-refractivity contribution in [2.45, 2.75) is 48.4 Å². The lowest BCUT2D eigenvalue weighted by Gasteiger charge is -2.19. The van der Waals surface area contributed by atoms with Gasteiger partial charge in [-0.3, -0.25) is 14.9 Å². The Morgan fingerprint density at radius 2 is 1.83 bits per heavy atom. The summed E-state index contributed by atoms with van der Waals surface area (Å²) in [6, 6.07) is 8.20. The second-order valence-electron chi connectivity index (χ2n) is 8.30. The van der Waals surface area contributed by atoms with Crippen LogP contribution in [-0.4, -0.2) is 35.6 Å². The lowest BCUT2D eigenvalue weighted by Crippen LogP contribution is -2.26. The average molecular weight is 537 g/mol. The molecule has 0 radical (unpaired) electrons. The number of rotatable bonds is 9. The first-order valence-corrected chi connectivity index (χ1v) is 13.5. The van der Waals surface area contributed by atoms with Gasteiger partial charge < -0.3 is 9.84 Å². The third-order valence-electron chi connectivity index (χ3n) is 5.74. The van der Waals surface area contributed by atoms with Crippen LogP contribution in [0.5, 0.6) is 5.75 Å². The normalized spacial score (nSPS) is 14.9. The summed E-state index contributed by atoms with van der Waals surface area (Å²) in [6.07, 6.45) is 1.13. The molecule has 2 N–H and O–H groups in total. The van der Waals surface area contributed by atoms with Crippen molar-refractivity contribution in [2.24, 2.45) is 0 Å². The second-order valence-corrected chi connectivity index (χ2v) is 11.4. The van der Waals surface area contributed by atoms with Gasteiger partial charge in [0.15, 0.2) is 26.5 Å². The van der Waals surface area contributed by atoms with Crippen molar-refractivity contribution >= 4 is 38.2 Å². The molecule has 1 atom stereocenters. The van der Waals surface area contributed by atoms with E-state index in [0.29, 0.717) is 18.9 Å². The Morgan fingerprint density at radius 3 is 2.47 bits per heavy atom. The summed E-state index contributed by atoms with van der Waals surface area (Å²) in [5.74, 6) is -4.08. The van der Waals surface area contributed by atoms with E-state index in [9.17, 15) is 26.8 Å². The summed E-state index contributed by atoms with van der Waals surface area (Å²) < 4.78 is 59.0. The molecule has 1 aromatic heterocycles. The van der Waals surface area contributed by atoms with Gasteiger partial charge in [0.1, 0.15) is 5.82 Å². The SMILES string of the molecule is O=C(O)Cc1csc(NC(=O)C(Oc2ccc(F)cc2F)c2ccc(S(=O)(=O)C3CCCC3)cc2)n1. The fraction of sp³-hybridized carbons (Fsp3) is 0.292. The van der Waals surface area contributed by atoms with Crippen molar-refractivity contribution in [3.8, 4) is 5.75 Å². The lowest BCUT2D eigenvalue weighted by molar-refractivity contribution is -0.136. The van der Waals surface area contributed by atoms with Crippen LogP contribution >= 0.6 is 11.3 Å². The van der Waals surface area contributed by atoms with Gasteiger partial charge in [-0.05, 0) is 37.1 Å². The maximum absolute atomic E-state index is 14.3. The average Bonchev–Trinajstić information content (AvgIpc) is 3.51. The first-order valence-electron chi connectivity index (χ1n) is 11.1. The minimum absolute atomic E-state index is 0.102. The van der Waals surface area contributed by atoms with E-state index in [1.807, 2.05) is 0 Å². The number of amides is 1. The number of aromatic nitrogens is 1. The van der Waals surface area contributed by atoms with Crippen molar-refractivity contribution in [3.63, 3.8) is 0 Å². The van der Waals surface area contributed by atoms with Crippen molar-refractivity contribution in [2.75, 3.05) is 5.32 Å². The van der Waals surface area contributed by atoms with Gasteiger partial charge in [0.05, 0.1) is 22.3 Å². The Labute approximate surface area is 209 Å². The number of hydrogen-bond donors (Lipinski definition) is 2. The maximum Gasteiger partial charge on any atom is 0.309 e. The smallest absolute Gasteiger partial charge is 0.309 e. The number of halogens is 2. The number of carboxylic acids is 1. The van der Waals surface area contributed by atoms with Crippen molar-refractivity contribution in [1.29, 1.82) is 0 Å². The van der Waals surface area contributed by atoms with E-state index in [4.69, 9.17) is 9.84 Å². The van der Waals surface area contributed by atoms with E-state index in [-0.39, 0.29) is 33.5 Å². The number of hydrogen-bond acceptors (Lipinski definition) is 7. The Kier molecular flexibility index (Phi) is 7.65. The molecule has 0 aliphatic heterocycles. The maximum atomic E-state index is 14.3. The molecule has 0 spiro atoms. The van der Waals surface area contributed by atoms with E-state index < -0.39 is 44.7 Å². The third kappa shape index (κ3) is 5.88. The second kappa shape index (κ2) is 10.7. The molecule has 1 aliphatic carbocycles. The summed E-state index contributed by atoms with van der Waals surface area (Å²) in [4.78, 5) is 28.2. The van der Waals surface area contributed by atoms with Gasteiger partial charge in [0, 0.05) is 17.0 Å². The monoisotopic (exact) mass is 536 g/mol. The number of nitrogens with zero attached hydrogens (tertiary/aromatic N) is 1. The molecule has 0 bridgehead atoms. The summed E-state index contributed by atoms with van der Waals surface area (Å²) in [7, 11) is -3.53. The standard InChI is InChI=1S/C24H22F2N2O6S2/c25-15-7-10-20(19(26)11-15)34-22(23(31)28-24-27-16(13-35-24)12-21(29)30)14-5-8-18(9-6-14)36(32,33)17-3-1-2-4-17/h5-11,13,17,22H,1-4,12H2,(H,29,30)(H,27,28,31). The summed E-state index contributed by atoms with van der Waals surface area (Å²) in [5, 5.41) is 12.5. The predicted octanol–water partition coefficient (Wildman–Crippen LogP) is 4.52. The minimum atomic E-state index is -3.53. The van der Waals surface area contributed by atoms with E-state index in [2.05, 4.69) is 10.3 Å². The zero-order valence-corrected chi connectivity index (χ0v) is 20.5. The van der Waals surface area contributed by atoms with E-state index in [1.54, 1.807) is 0 Å². The molecule has 190 valence electrons. The van der Waals surface area contributed by atoms with Crippen molar-refractivity contribution in [3.05, 3.63) is 70.7 Å². The fourth-order valence-corrected chi connectivity index (χ4v) is 6.53. The molecule has 1 amide bonds. The molecular weight excluding hydrogens is 514 g/mol. The van der Waals surface area contributed by atoms with Gasteiger partial charge in [-0.2, -0.15) is 0 Å². The van der Waals surface area contributed by atoms with Gasteiger partial charge in [-0.25, -0.2) is 22.2 Å². The molecule has 3 aromatic rings. The molecule has 1 heterocycles. The molecule has 8 nitrogen and oxygen atoms in total. The summed E-state index contributed by atoms with van der Waals surface area (Å²) >= 11 is 0.999. The van der Waals surface area contributed by atoms with E-state index in [0.717, 1.165) is 36.3 Å². The molecule has 1 saturated carbocycles. The van der Waals surface area contributed by atoms with Crippen LogP contribution in [0.2, 0.25) is 0 Å². The number of benzene rings is 2. The highest BCUT2D eigenvalue weighted by atomic mass is 32.2. The molecule has 1 unspecified atom stereocenters. The van der Waals surface area contributed by atoms with Gasteiger partial charge in [0.2, 0.25) is 6.10 Å². The first kappa shape index (κ1) is 25.7. The topological polar surface area (TPSA) is 123 Å². The van der Waals surface area contributed by atoms with Crippen LogP contribution in [0.25, 0.3) is 0 Å². The number of sulfone groups is 1. The largest absolute Gasteiger partial charge is 0.481 e. The number of nitrogens with one attached hydrogen (secondary N) is 1. The number of carbonyl (C=O) groups excluding carboxylic acids is 1. The lowest BCUT2D eigenvalue weighted by atomic mass is 10.1. The molecule has 4 rings (SSSR count). The summed E-state index contributed by atoms with van der Waals surface area (Å²) in [5.41, 5.74) is 0.468.